The Kier molecular flexibility index (Phi) is 6.35. The van der Waals surface area contributed by atoms with E-state index in [0.29, 0.717) is 0 Å². The molecular weight excluding hydrogens is 146 g/mol. The van der Waals surface area contributed by atoms with Crippen LogP contribution in [0, 0.1) is 5.92 Å². The van der Waals surface area contributed by atoms with Crippen LogP contribution in [-0.4, -0.2) is 4.98 Å². The summed E-state index contributed by atoms with van der Waals surface area (Å²) < 4.78 is 0. The monoisotopic (exact) mass is 165 g/mol. The molecule has 0 bridgehead atoms. The molecule has 0 aromatic carbocycles. The number of hydrogen-bond donors (Lipinski definition) is 0. The Hall–Kier alpha value is -0.850. The van der Waals surface area contributed by atoms with Crippen LogP contribution in [-0.2, 0) is 6.42 Å². The SMILES string of the molecule is CC(C)C.CCc1cccnc1. The zero-order valence-electron chi connectivity index (χ0n) is 8.54. The maximum absolute atomic E-state index is 3.96. The van der Waals surface area contributed by atoms with Crippen molar-refractivity contribution in [2.75, 3.05) is 0 Å². The summed E-state index contributed by atoms with van der Waals surface area (Å²) in [6, 6.07) is 4.03. The van der Waals surface area contributed by atoms with Gasteiger partial charge >= 0.3 is 0 Å². The van der Waals surface area contributed by atoms with E-state index >= 15 is 0 Å². The summed E-state index contributed by atoms with van der Waals surface area (Å²) in [5, 5.41) is 0. The number of nitrogens with zero attached hydrogens (tertiary/aromatic N) is 1. The van der Waals surface area contributed by atoms with E-state index in [-0.39, 0.29) is 0 Å². The van der Waals surface area contributed by atoms with Crippen LogP contribution >= 0.6 is 0 Å². The smallest absolute Gasteiger partial charge is 0.0299 e. The third-order valence-corrected chi connectivity index (χ3v) is 1.13. The number of aryl methyl sites for hydroxylation is 1. The summed E-state index contributed by atoms with van der Waals surface area (Å²) in [7, 11) is 0. The molecule has 0 spiro atoms. The molecule has 0 aliphatic carbocycles. The molecule has 0 aliphatic heterocycles. The van der Waals surface area contributed by atoms with Crippen molar-refractivity contribution < 1.29 is 0 Å². The molecule has 0 saturated carbocycles. The van der Waals surface area contributed by atoms with E-state index in [0.717, 1.165) is 12.3 Å². The average molecular weight is 165 g/mol. The molecule has 1 nitrogen and oxygen atoms in total. The van der Waals surface area contributed by atoms with Crippen LogP contribution in [0.25, 0.3) is 0 Å². The van der Waals surface area contributed by atoms with Gasteiger partial charge in [0.1, 0.15) is 0 Å². The summed E-state index contributed by atoms with van der Waals surface area (Å²) >= 11 is 0. The van der Waals surface area contributed by atoms with Gasteiger partial charge in [0.15, 0.2) is 0 Å². The summed E-state index contributed by atoms with van der Waals surface area (Å²) in [6.07, 6.45) is 4.76. The fourth-order valence-corrected chi connectivity index (χ4v) is 0.607. The van der Waals surface area contributed by atoms with Crippen LogP contribution in [0.1, 0.15) is 33.3 Å². The van der Waals surface area contributed by atoms with Crippen molar-refractivity contribution in [2.24, 2.45) is 5.92 Å². The molecule has 0 amide bonds. The topological polar surface area (TPSA) is 12.9 Å². The number of pyridine rings is 1. The maximum Gasteiger partial charge on any atom is 0.0299 e. The summed E-state index contributed by atoms with van der Waals surface area (Å²) in [5.41, 5.74) is 1.30. The van der Waals surface area contributed by atoms with Crippen molar-refractivity contribution >= 4 is 0 Å². The average Bonchev–Trinajstić information content (AvgIpc) is 2.05. The molecule has 1 aromatic rings. The van der Waals surface area contributed by atoms with Crippen LogP contribution in [0.4, 0.5) is 0 Å². The van der Waals surface area contributed by atoms with Gasteiger partial charge < -0.3 is 0 Å². The molecule has 0 N–H and O–H groups in total. The highest BCUT2D eigenvalue weighted by Crippen LogP contribution is 1.93. The van der Waals surface area contributed by atoms with Crippen molar-refractivity contribution in [2.45, 2.75) is 34.1 Å². The van der Waals surface area contributed by atoms with Crippen molar-refractivity contribution in [1.82, 2.24) is 4.98 Å². The van der Waals surface area contributed by atoms with Crippen LogP contribution in [0.2, 0.25) is 0 Å². The zero-order chi connectivity index (χ0) is 9.40. The second-order valence-corrected chi connectivity index (χ2v) is 3.45. The van der Waals surface area contributed by atoms with E-state index in [1.807, 2.05) is 12.3 Å². The number of aromatic nitrogens is 1. The van der Waals surface area contributed by atoms with Crippen LogP contribution < -0.4 is 0 Å². The highest BCUT2D eigenvalue weighted by atomic mass is 14.6. The normalized spacial score (nSPS) is 9.08. The molecule has 12 heavy (non-hydrogen) atoms. The zero-order valence-corrected chi connectivity index (χ0v) is 8.54. The lowest BCUT2D eigenvalue weighted by Gasteiger charge is -1.88. The molecule has 0 saturated heterocycles. The second-order valence-electron chi connectivity index (χ2n) is 3.45. The summed E-state index contributed by atoms with van der Waals surface area (Å²) in [6.45, 7) is 8.62. The first-order chi connectivity index (χ1) is 5.66. The fraction of sp³-hybridized carbons (Fsp3) is 0.545. The van der Waals surface area contributed by atoms with Crippen molar-refractivity contribution in [1.29, 1.82) is 0 Å². The van der Waals surface area contributed by atoms with Crippen molar-refractivity contribution in [3.63, 3.8) is 0 Å². The molecule has 1 aromatic heterocycles. The lowest BCUT2D eigenvalue weighted by Crippen LogP contribution is -1.77. The molecule has 0 aliphatic rings. The van der Waals surface area contributed by atoms with Gasteiger partial charge in [-0.05, 0) is 24.0 Å². The van der Waals surface area contributed by atoms with E-state index in [1.165, 1.54) is 5.56 Å². The Labute approximate surface area is 75.8 Å². The van der Waals surface area contributed by atoms with Gasteiger partial charge in [-0.2, -0.15) is 0 Å². The van der Waals surface area contributed by atoms with E-state index in [2.05, 4.69) is 38.7 Å². The van der Waals surface area contributed by atoms with Crippen molar-refractivity contribution in [3.05, 3.63) is 30.1 Å². The van der Waals surface area contributed by atoms with E-state index in [1.54, 1.807) is 6.20 Å². The minimum Gasteiger partial charge on any atom is -0.264 e. The molecular formula is C11H19N. The number of rotatable bonds is 1. The quantitative estimate of drug-likeness (QED) is 0.622. The molecule has 0 radical (unpaired) electrons. The molecule has 0 atom stereocenters. The molecule has 68 valence electrons. The first kappa shape index (κ1) is 11.2. The van der Waals surface area contributed by atoms with Gasteiger partial charge in [-0.25, -0.2) is 0 Å². The van der Waals surface area contributed by atoms with Gasteiger partial charge in [-0.15, -0.1) is 0 Å². The minimum absolute atomic E-state index is 0.833. The molecule has 1 heterocycles. The number of hydrogen-bond acceptors (Lipinski definition) is 1. The van der Waals surface area contributed by atoms with Crippen molar-refractivity contribution in [3.8, 4) is 0 Å². The largest absolute Gasteiger partial charge is 0.264 e. The third kappa shape index (κ3) is 7.26. The molecule has 0 fully saturated rings. The van der Waals surface area contributed by atoms with Gasteiger partial charge in [-0.3, -0.25) is 4.98 Å². The standard InChI is InChI=1S/C7H9N.C4H10/c1-2-7-4-3-5-8-6-7;1-4(2)3/h3-6H,2H2,1H3;4H,1-3H3. The van der Waals surface area contributed by atoms with Gasteiger partial charge in [0.05, 0.1) is 0 Å². The third-order valence-electron chi connectivity index (χ3n) is 1.13. The first-order valence-corrected chi connectivity index (χ1v) is 4.55. The van der Waals surface area contributed by atoms with Crippen LogP contribution in [0.5, 0.6) is 0 Å². The van der Waals surface area contributed by atoms with Gasteiger partial charge in [0.25, 0.3) is 0 Å². The Bertz CT molecular complexity index is 177. The molecule has 1 rings (SSSR count). The Morgan fingerprint density at radius 3 is 2.17 bits per heavy atom. The van der Waals surface area contributed by atoms with Gasteiger partial charge in [-0.1, -0.05) is 33.8 Å². The van der Waals surface area contributed by atoms with Crippen LogP contribution in [0.3, 0.4) is 0 Å². The Morgan fingerprint density at radius 1 is 1.33 bits per heavy atom. The van der Waals surface area contributed by atoms with E-state index in [4.69, 9.17) is 0 Å². The summed E-state index contributed by atoms with van der Waals surface area (Å²) in [4.78, 5) is 3.96. The second kappa shape index (κ2) is 6.84. The Morgan fingerprint density at radius 2 is 1.92 bits per heavy atom. The molecule has 1 heteroatoms. The van der Waals surface area contributed by atoms with Gasteiger partial charge in [0.2, 0.25) is 0 Å². The summed E-state index contributed by atoms with van der Waals surface area (Å²) in [5.74, 6) is 0.833. The lowest BCUT2D eigenvalue weighted by atomic mass is 10.2. The highest BCUT2D eigenvalue weighted by molar-refractivity contribution is 5.07. The maximum atomic E-state index is 3.96. The van der Waals surface area contributed by atoms with E-state index < -0.39 is 0 Å². The van der Waals surface area contributed by atoms with Gasteiger partial charge in [0, 0.05) is 12.4 Å². The Balaban J connectivity index is 0.000000261. The lowest BCUT2D eigenvalue weighted by molar-refractivity contribution is 0.737. The first-order valence-electron chi connectivity index (χ1n) is 4.55. The predicted molar refractivity (Wildman–Crippen MR) is 54.1 cm³/mol. The molecule has 0 unspecified atom stereocenters. The van der Waals surface area contributed by atoms with Crippen LogP contribution in [0.15, 0.2) is 24.5 Å². The minimum atomic E-state index is 0.833. The highest BCUT2D eigenvalue weighted by Gasteiger charge is 1.81. The van der Waals surface area contributed by atoms with E-state index in [9.17, 15) is 0 Å². The fourth-order valence-electron chi connectivity index (χ4n) is 0.607. The predicted octanol–water partition coefficient (Wildman–Crippen LogP) is 3.31.